The van der Waals surface area contributed by atoms with E-state index in [1.165, 1.54) is 0 Å². The lowest BCUT2D eigenvalue weighted by Crippen LogP contribution is -2.48. The van der Waals surface area contributed by atoms with Crippen molar-refractivity contribution in [3.8, 4) is 0 Å². The van der Waals surface area contributed by atoms with Crippen molar-refractivity contribution in [2.24, 2.45) is 0 Å². The monoisotopic (exact) mass is 340 g/mol. The second-order valence-electron chi connectivity index (χ2n) is 7.11. The van der Waals surface area contributed by atoms with Gasteiger partial charge in [0.15, 0.2) is 0 Å². The third-order valence-electron chi connectivity index (χ3n) is 5.26. The fraction of sp³-hybridized carbons (Fsp3) is 0.474. The van der Waals surface area contributed by atoms with Crippen LogP contribution in [0, 0.1) is 0 Å². The number of amides is 1. The maximum atomic E-state index is 13.3. The Balaban J connectivity index is 1.70. The van der Waals surface area contributed by atoms with Crippen LogP contribution in [-0.2, 0) is 4.74 Å². The quantitative estimate of drug-likeness (QED) is 0.828. The zero-order valence-electron chi connectivity index (χ0n) is 15.0. The number of carbonyl (C=O) groups excluding carboxylic acids is 1. The minimum atomic E-state index is 0.0631. The van der Waals surface area contributed by atoms with Gasteiger partial charge in [0.25, 0.3) is 5.91 Å². The van der Waals surface area contributed by atoms with E-state index >= 15 is 0 Å². The Bertz CT molecular complexity index is 807. The lowest BCUT2D eigenvalue weighted by molar-refractivity contribution is -0.0368. The summed E-state index contributed by atoms with van der Waals surface area (Å²) in [5, 5.41) is 0.905. The number of likely N-dealkylation sites (N-methyl/N-ethyl adjacent to an activating group) is 1. The van der Waals surface area contributed by atoms with E-state index in [9.17, 15) is 4.79 Å². The third kappa shape index (κ3) is 2.85. The number of likely N-dealkylation sites (tertiary alicyclic amines) is 1. The van der Waals surface area contributed by atoms with Crippen LogP contribution in [0.4, 0.5) is 5.82 Å². The predicted molar refractivity (Wildman–Crippen MR) is 98.1 cm³/mol. The number of hydrogen-bond donors (Lipinski definition) is 0. The van der Waals surface area contributed by atoms with E-state index in [1.54, 1.807) is 0 Å². The van der Waals surface area contributed by atoms with Gasteiger partial charge in [-0.3, -0.25) is 9.69 Å². The Hall–Kier alpha value is -2.18. The summed E-state index contributed by atoms with van der Waals surface area (Å²) in [6, 6.07) is 10.0. The predicted octanol–water partition coefficient (Wildman–Crippen LogP) is 1.46. The number of ether oxygens (including phenoxy) is 1. The minimum absolute atomic E-state index is 0.0631. The van der Waals surface area contributed by atoms with Crippen LogP contribution < -0.4 is 4.90 Å². The first-order valence-corrected chi connectivity index (χ1v) is 8.73. The molecule has 2 aliphatic heterocycles. The molecular weight excluding hydrogens is 316 g/mol. The van der Waals surface area contributed by atoms with Crippen LogP contribution in [-0.4, -0.2) is 80.2 Å². The average molecular weight is 340 g/mol. The Morgan fingerprint density at radius 1 is 1.28 bits per heavy atom. The lowest BCUT2D eigenvalue weighted by Gasteiger charge is -2.33. The molecule has 0 spiro atoms. The highest BCUT2D eigenvalue weighted by Gasteiger charge is 2.40. The van der Waals surface area contributed by atoms with Crippen molar-refractivity contribution >= 4 is 22.6 Å². The maximum Gasteiger partial charge on any atom is 0.254 e. The number of carbonyl (C=O) groups is 1. The van der Waals surface area contributed by atoms with Gasteiger partial charge in [0.05, 0.1) is 29.8 Å². The van der Waals surface area contributed by atoms with Crippen LogP contribution in [0.1, 0.15) is 10.4 Å². The van der Waals surface area contributed by atoms with E-state index in [4.69, 9.17) is 4.74 Å². The first-order valence-electron chi connectivity index (χ1n) is 8.73. The summed E-state index contributed by atoms with van der Waals surface area (Å²) in [7, 11) is 6.00. The van der Waals surface area contributed by atoms with Gasteiger partial charge in [0, 0.05) is 39.1 Å². The first kappa shape index (κ1) is 16.3. The molecule has 6 nitrogen and oxygen atoms in total. The standard InChI is InChI=1S/C19H24N4O2/c1-21(2)18-10-14(13-6-4-5-7-15(13)20-18)19(24)23-11-16-17(12-23)25-9-8-22(16)3/h4-7,10,16-17H,8-9,11-12H2,1-3H3. The Morgan fingerprint density at radius 3 is 2.84 bits per heavy atom. The summed E-state index contributed by atoms with van der Waals surface area (Å²) >= 11 is 0. The molecule has 2 atom stereocenters. The summed E-state index contributed by atoms with van der Waals surface area (Å²) in [4.78, 5) is 24.1. The molecule has 2 aromatic rings. The molecule has 132 valence electrons. The second-order valence-corrected chi connectivity index (χ2v) is 7.11. The summed E-state index contributed by atoms with van der Waals surface area (Å²) in [5.41, 5.74) is 1.57. The highest BCUT2D eigenvalue weighted by molar-refractivity contribution is 6.07. The van der Waals surface area contributed by atoms with E-state index < -0.39 is 0 Å². The van der Waals surface area contributed by atoms with Crippen molar-refractivity contribution in [1.29, 1.82) is 0 Å². The molecular formula is C19H24N4O2. The van der Waals surface area contributed by atoms with Crippen LogP contribution in [0.3, 0.4) is 0 Å². The molecule has 1 aromatic carbocycles. The molecule has 1 amide bonds. The van der Waals surface area contributed by atoms with Gasteiger partial charge in [-0.25, -0.2) is 4.98 Å². The molecule has 0 bridgehead atoms. The molecule has 2 unspecified atom stereocenters. The number of fused-ring (bicyclic) bond motifs is 2. The average Bonchev–Trinajstić information content (AvgIpc) is 3.06. The Morgan fingerprint density at radius 2 is 2.08 bits per heavy atom. The summed E-state index contributed by atoms with van der Waals surface area (Å²) in [5.74, 6) is 0.861. The molecule has 2 saturated heterocycles. The third-order valence-corrected chi connectivity index (χ3v) is 5.26. The van der Waals surface area contributed by atoms with Gasteiger partial charge in [0.2, 0.25) is 0 Å². The summed E-state index contributed by atoms with van der Waals surface area (Å²) in [6.45, 7) is 3.03. The van der Waals surface area contributed by atoms with Crippen molar-refractivity contribution in [3.05, 3.63) is 35.9 Å². The summed E-state index contributed by atoms with van der Waals surface area (Å²) < 4.78 is 5.88. The number of anilines is 1. The number of morpholine rings is 1. The van der Waals surface area contributed by atoms with Crippen molar-refractivity contribution in [1.82, 2.24) is 14.8 Å². The topological polar surface area (TPSA) is 48.9 Å². The van der Waals surface area contributed by atoms with E-state index in [0.29, 0.717) is 19.1 Å². The van der Waals surface area contributed by atoms with Gasteiger partial charge >= 0.3 is 0 Å². The van der Waals surface area contributed by atoms with E-state index in [1.807, 2.05) is 54.2 Å². The van der Waals surface area contributed by atoms with E-state index in [-0.39, 0.29) is 12.0 Å². The van der Waals surface area contributed by atoms with Crippen LogP contribution in [0.5, 0.6) is 0 Å². The number of benzene rings is 1. The Kier molecular flexibility index (Phi) is 4.09. The minimum Gasteiger partial charge on any atom is -0.373 e. The molecule has 1 aromatic heterocycles. The molecule has 0 saturated carbocycles. The molecule has 2 aliphatic rings. The van der Waals surface area contributed by atoms with Gasteiger partial charge < -0.3 is 14.5 Å². The van der Waals surface area contributed by atoms with Crippen LogP contribution >= 0.6 is 0 Å². The highest BCUT2D eigenvalue weighted by atomic mass is 16.5. The van der Waals surface area contributed by atoms with E-state index in [2.05, 4.69) is 16.9 Å². The second kappa shape index (κ2) is 6.28. The fourth-order valence-electron chi connectivity index (χ4n) is 3.76. The molecule has 3 heterocycles. The maximum absolute atomic E-state index is 13.3. The van der Waals surface area contributed by atoms with Gasteiger partial charge in [-0.2, -0.15) is 0 Å². The van der Waals surface area contributed by atoms with Gasteiger partial charge in [0.1, 0.15) is 5.82 Å². The lowest BCUT2D eigenvalue weighted by atomic mass is 10.1. The van der Waals surface area contributed by atoms with Gasteiger partial charge in [-0.15, -0.1) is 0 Å². The molecule has 2 fully saturated rings. The van der Waals surface area contributed by atoms with Crippen LogP contribution in [0.25, 0.3) is 10.9 Å². The van der Waals surface area contributed by atoms with Gasteiger partial charge in [-0.05, 0) is 19.2 Å². The van der Waals surface area contributed by atoms with Crippen molar-refractivity contribution in [3.63, 3.8) is 0 Å². The zero-order chi connectivity index (χ0) is 17.6. The molecule has 4 rings (SSSR count). The first-order chi connectivity index (χ1) is 12.0. The summed E-state index contributed by atoms with van der Waals surface area (Å²) in [6.07, 6.45) is 0.115. The molecule has 6 heteroatoms. The SMILES string of the molecule is CN(C)c1cc(C(=O)N2CC3OCCN(C)C3C2)c2ccccc2n1. The van der Waals surface area contributed by atoms with Crippen molar-refractivity contribution in [2.45, 2.75) is 12.1 Å². The molecule has 0 N–H and O–H groups in total. The number of nitrogens with zero attached hydrogens (tertiary/aromatic N) is 4. The highest BCUT2D eigenvalue weighted by Crippen LogP contribution is 2.27. The normalized spacial score (nSPS) is 23.7. The number of rotatable bonds is 2. The van der Waals surface area contributed by atoms with E-state index in [0.717, 1.165) is 35.4 Å². The zero-order valence-corrected chi connectivity index (χ0v) is 15.0. The Labute approximate surface area is 148 Å². The van der Waals surface area contributed by atoms with Crippen LogP contribution in [0.2, 0.25) is 0 Å². The number of hydrogen-bond acceptors (Lipinski definition) is 5. The smallest absolute Gasteiger partial charge is 0.254 e. The molecule has 0 radical (unpaired) electrons. The van der Waals surface area contributed by atoms with Crippen LogP contribution in [0.15, 0.2) is 30.3 Å². The molecule has 25 heavy (non-hydrogen) atoms. The fourth-order valence-corrected chi connectivity index (χ4v) is 3.76. The molecule has 0 aliphatic carbocycles. The largest absolute Gasteiger partial charge is 0.373 e. The van der Waals surface area contributed by atoms with Crippen molar-refractivity contribution in [2.75, 3.05) is 52.3 Å². The van der Waals surface area contributed by atoms with Gasteiger partial charge in [-0.1, -0.05) is 18.2 Å². The number of aromatic nitrogens is 1. The number of pyridine rings is 1. The number of para-hydroxylation sites is 1. The van der Waals surface area contributed by atoms with Crippen molar-refractivity contribution < 1.29 is 9.53 Å².